The van der Waals surface area contributed by atoms with Crippen LogP contribution in [0.15, 0.2) is 17.0 Å². The Bertz CT molecular complexity index is 584. The van der Waals surface area contributed by atoms with Crippen LogP contribution in [0.4, 0.5) is 0 Å². The van der Waals surface area contributed by atoms with E-state index in [0.29, 0.717) is 29.3 Å². The second kappa shape index (κ2) is 5.25. The molecule has 0 saturated carbocycles. The summed E-state index contributed by atoms with van der Waals surface area (Å²) in [6.07, 6.45) is 3.01. The lowest BCUT2D eigenvalue weighted by molar-refractivity contribution is 0.0907. The normalized spacial score (nSPS) is 36.6. The molecule has 1 aromatic rings. The van der Waals surface area contributed by atoms with E-state index in [-0.39, 0.29) is 0 Å². The fourth-order valence-corrected chi connectivity index (χ4v) is 5.79. The van der Waals surface area contributed by atoms with E-state index in [1.807, 2.05) is 17.1 Å². The Morgan fingerprint density at radius 2 is 2.14 bits per heavy atom. The number of rotatable bonds is 3. The maximum Gasteiger partial charge on any atom is 0.123 e. The molecule has 21 heavy (non-hydrogen) atoms. The van der Waals surface area contributed by atoms with Gasteiger partial charge in [-0.25, -0.2) is 0 Å². The molecule has 2 fully saturated rings. The molecular weight excluding hydrogens is 300 g/mol. The van der Waals surface area contributed by atoms with Crippen molar-refractivity contribution in [3.8, 4) is 5.75 Å². The maximum absolute atomic E-state index is 6.17. The highest BCUT2D eigenvalue weighted by atomic mass is 32.2. The number of benzene rings is 1. The highest BCUT2D eigenvalue weighted by molar-refractivity contribution is 8.00. The van der Waals surface area contributed by atoms with Crippen molar-refractivity contribution in [2.24, 2.45) is 11.8 Å². The van der Waals surface area contributed by atoms with E-state index in [0.717, 1.165) is 18.8 Å². The van der Waals surface area contributed by atoms with Gasteiger partial charge in [0.1, 0.15) is 5.75 Å². The largest absolute Gasteiger partial charge is 0.493 e. The molecule has 0 amide bonds. The number of hydrogen-bond donors (Lipinski definition) is 0. The molecule has 2 nitrogen and oxygen atoms in total. The van der Waals surface area contributed by atoms with Gasteiger partial charge in [0.05, 0.1) is 18.8 Å². The molecule has 0 radical (unpaired) electrons. The maximum atomic E-state index is 6.17. The van der Waals surface area contributed by atoms with Gasteiger partial charge in [-0.05, 0) is 30.4 Å². The molecule has 3 aliphatic heterocycles. The molecule has 2 bridgehead atoms. The fourth-order valence-electron chi connectivity index (χ4n) is 3.94. The summed E-state index contributed by atoms with van der Waals surface area (Å²) >= 11 is 7.23. The zero-order valence-electron chi connectivity index (χ0n) is 12.4. The van der Waals surface area contributed by atoms with E-state index >= 15 is 0 Å². The first kappa shape index (κ1) is 14.0. The molecule has 0 N–H and O–H groups in total. The first-order valence-corrected chi connectivity index (χ1v) is 9.10. The van der Waals surface area contributed by atoms with E-state index in [1.54, 1.807) is 0 Å². The average molecular weight is 320 g/mol. The van der Waals surface area contributed by atoms with E-state index in [4.69, 9.17) is 21.7 Å². The van der Waals surface area contributed by atoms with Crippen LogP contribution in [-0.2, 0) is 11.2 Å². The summed E-state index contributed by atoms with van der Waals surface area (Å²) in [4.78, 5) is 1.30. The zero-order chi connectivity index (χ0) is 14.6. The summed E-state index contributed by atoms with van der Waals surface area (Å²) in [6.45, 7) is 5.44. The van der Waals surface area contributed by atoms with E-state index < -0.39 is 0 Å². The van der Waals surface area contributed by atoms with Gasteiger partial charge in [-0.3, -0.25) is 0 Å². The van der Waals surface area contributed by atoms with Gasteiger partial charge >= 0.3 is 0 Å². The van der Waals surface area contributed by atoms with E-state index in [1.165, 1.54) is 22.4 Å². The Labute approximate surface area is 135 Å². The minimum Gasteiger partial charge on any atom is -0.493 e. The van der Waals surface area contributed by atoms with Gasteiger partial charge in [-0.15, -0.1) is 11.8 Å². The Kier molecular flexibility index (Phi) is 3.51. The third kappa shape index (κ3) is 2.14. The van der Waals surface area contributed by atoms with Crippen LogP contribution < -0.4 is 4.74 Å². The van der Waals surface area contributed by atoms with Crippen molar-refractivity contribution in [1.29, 1.82) is 0 Å². The van der Waals surface area contributed by atoms with Crippen LogP contribution >= 0.6 is 24.0 Å². The second-order valence-corrected chi connectivity index (χ2v) is 7.94. The standard InChI is InChI=1S/C17H20O2S2/c1-9-10(2)17-16(7-14(9)19-17)21-15-4-3-13-11(5-6-18-13)12(15)8-20/h3-4,8-10,14,16-17H,5-7H2,1-2H3. The van der Waals surface area contributed by atoms with Gasteiger partial charge < -0.3 is 9.47 Å². The quantitative estimate of drug-likeness (QED) is 0.787. The monoisotopic (exact) mass is 320 g/mol. The van der Waals surface area contributed by atoms with Crippen molar-refractivity contribution < 1.29 is 9.47 Å². The summed E-state index contributed by atoms with van der Waals surface area (Å²) < 4.78 is 11.8. The van der Waals surface area contributed by atoms with Gasteiger partial charge in [-0.1, -0.05) is 26.1 Å². The first-order chi connectivity index (χ1) is 10.2. The molecule has 5 atom stereocenters. The summed E-state index contributed by atoms with van der Waals surface area (Å²) in [5.41, 5.74) is 2.49. The fraction of sp³-hybridized carbons (Fsp3) is 0.588. The first-order valence-electron chi connectivity index (χ1n) is 7.75. The molecule has 112 valence electrons. The summed E-state index contributed by atoms with van der Waals surface area (Å²) in [5, 5.41) is 2.39. The second-order valence-electron chi connectivity index (χ2n) is 6.42. The summed E-state index contributed by atoms with van der Waals surface area (Å²) in [7, 11) is 0. The van der Waals surface area contributed by atoms with Crippen LogP contribution in [0.1, 0.15) is 31.4 Å². The lowest BCUT2D eigenvalue weighted by Gasteiger charge is -2.28. The Balaban J connectivity index is 1.60. The van der Waals surface area contributed by atoms with Gasteiger partial charge in [0.25, 0.3) is 0 Å². The Morgan fingerprint density at radius 1 is 1.29 bits per heavy atom. The number of fused-ring (bicyclic) bond motifs is 3. The molecule has 3 heterocycles. The summed E-state index contributed by atoms with van der Waals surface area (Å²) in [6, 6.07) is 4.28. The molecule has 0 spiro atoms. The number of hydrogen-bond acceptors (Lipinski definition) is 4. The van der Waals surface area contributed by atoms with Crippen molar-refractivity contribution in [1.82, 2.24) is 0 Å². The van der Waals surface area contributed by atoms with E-state index in [2.05, 4.69) is 26.0 Å². The molecule has 4 heteroatoms. The van der Waals surface area contributed by atoms with Crippen LogP contribution in [0.5, 0.6) is 5.75 Å². The van der Waals surface area contributed by atoms with Crippen LogP contribution in [0.3, 0.4) is 0 Å². The van der Waals surface area contributed by atoms with Crippen LogP contribution in [0.2, 0.25) is 0 Å². The van der Waals surface area contributed by atoms with Crippen molar-refractivity contribution in [2.45, 2.75) is 49.0 Å². The highest BCUT2D eigenvalue weighted by Crippen LogP contribution is 2.50. The predicted octanol–water partition coefficient (Wildman–Crippen LogP) is 3.87. The van der Waals surface area contributed by atoms with Gasteiger partial charge in [0, 0.05) is 33.1 Å². The molecule has 3 aliphatic rings. The van der Waals surface area contributed by atoms with Gasteiger partial charge in [-0.2, -0.15) is 0 Å². The van der Waals surface area contributed by atoms with Crippen molar-refractivity contribution in [2.75, 3.05) is 6.61 Å². The highest BCUT2D eigenvalue weighted by Gasteiger charge is 2.50. The van der Waals surface area contributed by atoms with Gasteiger partial charge in [0.2, 0.25) is 0 Å². The zero-order valence-corrected chi connectivity index (χ0v) is 14.0. The molecule has 0 aliphatic carbocycles. The Hall–Kier alpha value is -0.580. The van der Waals surface area contributed by atoms with Crippen LogP contribution in [0.25, 0.3) is 0 Å². The van der Waals surface area contributed by atoms with Crippen molar-refractivity contribution in [3.05, 3.63) is 23.3 Å². The minimum atomic E-state index is 0.400. The van der Waals surface area contributed by atoms with Crippen LogP contribution in [-0.4, -0.2) is 29.4 Å². The third-order valence-electron chi connectivity index (χ3n) is 5.38. The molecule has 1 aromatic carbocycles. The molecular formula is C17H20O2S2. The lowest BCUT2D eigenvalue weighted by Crippen LogP contribution is -2.31. The SMILES string of the molecule is CC1C2CC(Sc3ccc4c(c3C=S)CCO4)C(O2)C1C. The molecule has 5 unspecified atom stereocenters. The number of ether oxygens (including phenoxy) is 2. The van der Waals surface area contributed by atoms with Crippen molar-refractivity contribution >= 4 is 29.3 Å². The van der Waals surface area contributed by atoms with Crippen LogP contribution in [0, 0.1) is 11.8 Å². The summed E-state index contributed by atoms with van der Waals surface area (Å²) in [5.74, 6) is 2.38. The molecule has 2 saturated heterocycles. The van der Waals surface area contributed by atoms with E-state index in [9.17, 15) is 0 Å². The predicted molar refractivity (Wildman–Crippen MR) is 89.6 cm³/mol. The molecule has 4 rings (SSSR count). The third-order valence-corrected chi connectivity index (χ3v) is 6.99. The lowest BCUT2D eigenvalue weighted by atomic mass is 9.81. The average Bonchev–Trinajstić information content (AvgIpc) is 3.16. The molecule has 0 aromatic heterocycles. The smallest absolute Gasteiger partial charge is 0.123 e. The van der Waals surface area contributed by atoms with Gasteiger partial charge in [0.15, 0.2) is 0 Å². The minimum absolute atomic E-state index is 0.400. The van der Waals surface area contributed by atoms with Crippen molar-refractivity contribution in [3.63, 3.8) is 0 Å². The Morgan fingerprint density at radius 3 is 2.86 bits per heavy atom. The topological polar surface area (TPSA) is 18.5 Å². The number of thioether (sulfide) groups is 1. The number of thiocarbonyl (C=S) groups is 1.